The van der Waals surface area contributed by atoms with Crippen LogP contribution in [0.2, 0.25) is 10.2 Å². The van der Waals surface area contributed by atoms with Gasteiger partial charge in [-0.25, -0.2) is 9.97 Å². The first-order chi connectivity index (χ1) is 10.1. The van der Waals surface area contributed by atoms with Gasteiger partial charge in [-0.2, -0.15) is 0 Å². The second kappa shape index (κ2) is 5.31. The van der Waals surface area contributed by atoms with Gasteiger partial charge >= 0.3 is 0 Å². The van der Waals surface area contributed by atoms with Crippen molar-refractivity contribution in [3.63, 3.8) is 0 Å². The molecule has 0 atom stereocenters. The molecule has 0 saturated heterocycles. The van der Waals surface area contributed by atoms with Crippen molar-refractivity contribution in [3.8, 4) is 0 Å². The summed E-state index contributed by atoms with van der Waals surface area (Å²) in [7, 11) is 0. The molecule has 0 fully saturated rings. The van der Waals surface area contributed by atoms with Crippen molar-refractivity contribution in [2.45, 2.75) is 6.54 Å². The molecule has 0 aliphatic heterocycles. The Kier molecular flexibility index (Phi) is 3.48. The topological polar surface area (TPSA) is 80.6 Å². The van der Waals surface area contributed by atoms with Crippen LogP contribution in [-0.2, 0) is 6.54 Å². The van der Waals surface area contributed by atoms with Crippen LogP contribution in [0, 0.1) is 0 Å². The van der Waals surface area contributed by atoms with Gasteiger partial charge < -0.3 is 4.98 Å². The van der Waals surface area contributed by atoms with Crippen molar-refractivity contribution in [3.05, 3.63) is 67.3 Å². The number of aromatic amines is 1. The number of hydrogen-bond donors (Lipinski definition) is 1. The molecule has 106 valence electrons. The number of rotatable bonds is 2. The van der Waals surface area contributed by atoms with E-state index in [2.05, 4.69) is 15.0 Å². The zero-order valence-electron chi connectivity index (χ0n) is 10.5. The smallest absolute Gasteiger partial charge is 0.274 e. The number of hydrogen-bond acceptors (Lipinski definition) is 4. The lowest BCUT2D eigenvalue weighted by Gasteiger charge is -2.06. The van der Waals surface area contributed by atoms with E-state index in [1.54, 1.807) is 24.3 Å². The van der Waals surface area contributed by atoms with E-state index in [0.717, 1.165) is 0 Å². The fourth-order valence-electron chi connectivity index (χ4n) is 1.93. The number of nitrogens with zero attached hydrogens (tertiary/aromatic N) is 3. The fraction of sp³-hybridized carbons (Fsp3) is 0.0769. The zero-order chi connectivity index (χ0) is 15.0. The summed E-state index contributed by atoms with van der Waals surface area (Å²) in [6, 6.07) is 6.94. The van der Waals surface area contributed by atoms with E-state index in [4.69, 9.17) is 23.2 Å². The van der Waals surface area contributed by atoms with Gasteiger partial charge in [-0.05, 0) is 12.1 Å². The van der Waals surface area contributed by atoms with Crippen molar-refractivity contribution in [2.24, 2.45) is 0 Å². The predicted octanol–water partition coefficient (Wildman–Crippen LogP) is 1.83. The second-order valence-corrected chi connectivity index (χ2v) is 5.05. The van der Waals surface area contributed by atoms with Crippen LogP contribution >= 0.6 is 23.2 Å². The molecule has 1 N–H and O–H groups in total. The van der Waals surface area contributed by atoms with Crippen LogP contribution in [0.1, 0.15) is 5.82 Å². The van der Waals surface area contributed by atoms with Gasteiger partial charge in [-0.15, -0.1) is 0 Å². The molecule has 2 heterocycles. The molecule has 3 rings (SSSR count). The first-order valence-electron chi connectivity index (χ1n) is 5.94. The van der Waals surface area contributed by atoms with Gasteiger partial charge in [0.15, 0.2) is 5.15 Å². The zero-order valence-corrected chi connectivity index (χ0v) is 12.0. The summed E-state index contributed by atoms with van der Waals surface area (Å²) in [6.45, 7) is 0.0444. The minimum atomic E-state index is -0.493. The summed E-state index contributed by atoms with van der Waals surface area (Å²) in [5, 5.41) is 0.265. The maximum atomic E-state index is 11.9. The Morgan fingerprint density at radius 1 is 1.19 bits per heavy atom. The first kappa shape index (κ1) is 13.8. The molecule has 0 amide bonds. The Morgan fingerprint density at radius 2 is 1.95 bits per heavy atom. The molecule has 6 nitrogen and oxygen atoms in total. The summed E-state index contributed by atoms with van der Waals surface area (Å²) in [5.74, 6) is 0.334. The van der Waals surface area contributed by atoms with Crippen LogP contribution in [0.15, 0.2) is 40.2 Å². The van der Waals surface area contributed by atoms with Gasteiger partial charge in [0, 0.05) is 0 Å². The number of H-pyrrole nitrogens is 1. The molecule has 0 aliphatic carbocycles. The Bertz CT molecular complexity index is 949. The summed E-state index contributed by atoms with van der Waals surface area (Å²) < 4.78 is 1.22. The highest BCUT2D eigenvalue weighted by Gasteiger charge is 2.09. The average Bonchev–Trinajstić information content (AvgIpc) is 2.48. The molecule has 0 saturated carbocycles. The van der Waals surface area contributed by atoms with E-state index in [1.165, 1.54) is 10.9 Å². The van der Waals surface area contributed by atoms with Crippen molar-refractivity contribution < 1.29 is 0 Å². The highest BCUT2D eigenvalue weighted by Crippen LogP contribution is 2.13. The van der Waals surface area contributed by atoms with Gasteiger partial charge in [0.2, 0.25) is 0 Å². The van der Waals surface area contributed by atoms with Gasteiger partial charge in [0.05, 0.1) is 23.8 Å². The summed E-state index contributed by atoms with van der Waals surface area (Å²) in [4.78, 5) is 34.6. The number of benzene rings is 1. The third-order valence-corrected chi connectivity index (χ3v) is 3.65. The molecule has 0 unspecified atom stereocenters. The molecule has 8 heteroatoms. The SMILES string of the molecule is O=c1[nH]c(Cn2cnc(Cl)c(Cl)c2=O)nc2ccccc12. The quantitative estimate of drug-likeness (QED) is 0.730. The Morgan fingerprint density at radius 3 is 2.76 bits per heavy atom. The lowest BCUT2D eigenvalue weighted by atomic mass is 10.2. The van der Waals surface area contributed by atoms with Crippen molar-refractivity contribution in [1.29, 1.82) is 0 Å². The van der Waals surface area contributed by atoms with Crippen molar-refractivity contribution >= 4 is 34.1 Å². The van der Waals surface area contributed by atoms with E-state index >= 15 is 0 Å². The number of fused-ring (bicyclic) bond motifs is 1. The molecule has 0 spiro atoms. The maximum absolute atomic E-state index is 11.9. The molecule has 0 radical (unpaired) electrons. The fourth-order valence-corrected chi connectivity index (χ4v) is 2.21. The van der Waals surface area contributed by atoms with E-state index in [9.17, 15) is 9.59 Å². The molecule has 3 aromatic rings. The molecule has 1 aromatic carbocycles. The van der Waals surface area contributed by atoms with E-state index in [-0.39, 0.29) is 22.3 Å². The predicted molar refractivity (Wildman–Crippen MR) is 80.0 cm³/mol. The Hall–Kier alpha value is -2.18. The second-order valence-electron chi connectivity index (χ2n) is 4.31. The Labute approximate surface area is 128 Å². The van der Waals surface area contributed by atoms with Crippen LogP contribution in [-0.4, -0.2) is 19.5 Å². The number of nitrogens with one attached hydrogen (secondary N) is 1. The summed E-state index contributed by atoms with van der Waals surface area (Å²) in [6.07, 6.45) is 1.26. The van der Waals surface area contributed by atoms with Crippen LogP contribution in [0.5, 0.6) is 0 Å². The first-order valence-corrected chi connectivity index (χ1v) is 6.70. The molecular weight excluding hydrogens is 315 g/mol. The maximum Gasteiger partial charge on any atom is 0.274 e. The largest absolute Gasteiger partial charge is 0.308 e. The van der Waals surface area contributed by atoms with Crippen LogP contribution in [0.25, 0.3) is 10.9 Å². The van der Waals surface area contributed by atoms with Crippen LogP contribution in [0.4, 0.5) is 0 Å². The minimum absolute atomic E-state index is 0.0444. The van der Waals surface area contributed by atoms with Gasteiger partial charge in [0.1, 0.15) is 10.8 Å². The lowest BCUT2D eigenvalue weighted by molar-refractivity contribution is 0.698. The standard InChI is InChI=1S/C13H8Cl2N4O2/c14-10-11(15)16-6-19(13(10)21)5-9-17-8-4-2-1-3-7(8)12(20)18-9/h1-4,6H,5H2,(H,17,18,20). The molecule has 0 bridgehead atoms. The number of para-hydroxylation sites is 1. The normalized spacial score (nSPS) is 11.0. The molecule has 2 aromatic heterocycles. The minimum Gasteiger partial charge on any atom is -0.308 e. The van der Waals surface area contributed by atoms with E-state index in [0.29, 0.717) is 16.7 Å². The van der Waals surface area contributed by atoms with Crippen LogP contribution < -0.4 is 11.1 Å². The van der Waals surface area contributed by atoms with Crippen LogP contribution in [0.3, 0.4) is 0 Å². The van der Waals surface area contributed by atoms with Gasteiger partial charge in [-0.3, -0.25) is 14.2 Å². The molecule has 0 aliphatic rings. The van der Waals surface area contributed by atoms with E-state index in [1.807, 2.05) is 0 Å². The summed E-state index contributed by atoms with van der Waals surface area (Å²) >= 11 is 11.4. The third-order valence-electron chi connectivity index (χ3n) is 2.92. The number of halogens is 2. The van der Waals surface area contributed by atoms with Crippen molar-refractivity contribution in [1.82, 2.24) is 19.5 Å². The third kappa shape index (κ3) is 2.55. The molecule has 21 heavy (non-hydrogen) atoms. The monoisotopic (exact) mass is 322 g/mol. The van der Waals surface area contributed by atoms with Crippen molar-refractivity contribution in [2.75, 3.05) is 0 Å². The van der Waals surface area contributed by atoms with Gasteiger partial charge in [0.25, 0.3) is 11.1 Å². The van der Waals surface area contributed by atoms with Gasteiger partial charge in [-0.1, -0.05) is 35.3 Å². The summed E-state index contributed by atoms with van der Waals surface area (Å²) in [5.41, 5.74) is -0.207. The average molecular weight is 323 g/mol. The number of aromatic nitrogens is 4. The van der Waals surface area contributed by atoms with E-state index < -0.39 is 5.56 Å². The highest BCUT2D eigenvalue weighted by molar-refractivity contribution is 6.40. The molecular formula is C13H8Cl2N4O2. The highest BCUT2D eigenvalue weighted by atomic mass is 35.5. The lowest BCUT2D eigenvalue weighted by Crippen LogP contribution is -2.24. The Balaban J connectivity index is 2.09.